The first kappa shape index (κ1) is 20.4. The van der Waals surface area contributed by atoms with Crippen molar-refractivity contribution in [1.82, 2.24) is 19.8 Å². The molecule has 3 heterocycles. The molecule has 2 aromatic rings. The van der Waals surface area contributed by atoms with Gasteiger partial charge in [0.1, 0.15) is 5.82 Å². The summed E-state index contributed by atoms with van der Waals surface area (Å²) in [6.45, 7) is 10.9. The number of carbonyl (C=O) groups is 1. The molecule has 0 radical (unpaired) electrons. The third-order valence-electron chi connectivity index (χ3n) is 5.78. The van der Waals surface area contributed by atoms with Crippen LogP contribution in [0.3, 0.4) is 0 Å². The maximum atomic E-state index is 12.6. The molecule has 1 N–H and O–H groups in total. The van der Waals surface area contributed by atoms with Crippen LogP contribution in [0.4, 0.5) is 22.2 Å². The smallest absolute Gasteiger partial charge is 0.321 e. The molecule has 8 nitrogen and oxygen atoms in total. The number of amides is 2. The highest BCUT2D eigenvalue weighted by Crippen LogP contribution is 2.20. The zero-order valence-electron chi connectivity index (χ0n) is 18.1. The molecule has 2 saturated heterocycles. The van der Waals surface area contributed by atoms with Gasteiger partial charge in [0.05, 0.1) is 0 Å². The summed E-state index contributed by atoms with van der Waals surface area (Å²) in [6, 6.07) is 9.89. The molecule has 2 amide bonds. The summed E-state index contributed by atoms with van der Waals surface area (Å²) in [5, 5.41) is 3.00. The number of benzene rings is 1. The van der Waals surface area contributed by atoms with E-state index in [1.54, 1.807) is 0 Å². The van der Waals surface area contributed by atoms with Gasteiger partial charge in [-0.3, -0.25) is 0 Å². The van der Waals surface area contributed by atoms with Crippen molar-refractivity contribution in [2.45, 2.75) is 13.8 Å². The van der Waals surface area contributed by atoms with E-state index in [0.717, 1.165) is 68.0 Å². The Morgan fingerprint density at radius 3 is 2.30 bits per heavy atom. The van der Waals surface area contributed by atoms with Crippen LogP contribution in [-0.2, 0) is 0 Å². The molecule has 0 unspecified atom stereocenters. The highest BCUT2D eigenvalue weighted by molar-refractivity contribution is 5.89. The van der Waals surface area contributed by atoms with Gasteiger partial charge >= 0.3 is 6.03 Å². The van der Waals surface area contributed by atoms with Crippen LogP contribution in [0.5, 0.6) is 0 Å². The zero-order valence-corrected chi connectivity index (χ0v) is 18.1. The first-order valence-corrected chi connectivity index (χ1v) is 10.6. The van der Waals surface area contributed by atoms with Crippen molar-refractivity contribution in [3.05, 3.63) is 41.6 Å². The number of hydrogen-bond donors (Lipinski definition) is 1. The number of anilines is 3. The van der Waals surface area contributed by atoms with Gasteiger partial charge in [0.25, 0.3) is 0 Å². The summed E-state index contributed by atoms with van der Waals surface area (Å²) in [4.78, 5) is 30.9. The number of likely N-dealkylation sites (N-methyl/N-ethyl adjacent to an activating group) is 1. The lowest BCUT2D eigenvalue weighted by Gasteiger charge is -2.36. The van der Waals surface area contributed by atoms with E-state index in [2.05, 4.69) is 38.1 Å². The molecular formula is C22H31N7O. The number of rotatable bonds is 3. The number of urea groups is 1. The van der Waals surface area contributed by atoms with Crippen molar-refractivity contribution in [2.75, 3.05) is 74.5 Å². The molecule has 0 atom stereocenters. The van der Waals surface area contributed by atoms with Gasteiger partial charge in [-0.15, -0.1) is 0 Å². The lowest BCUT2D eigenvalue weighted by atomic mass is 10.2. The quantitative estimate of drug-likeness (QED) is 0.838. The van der Waals surface area contributed by atoms with Gasteiger partial charge in [0.15, 0.2) is 0 Å². The molecule has 4 rings (SSSR count). The SMILES string of the molecule is Cc1cccc(NC(=O)N2CCN(c3nc(C)cc(N4CCN(C)CC4)n3)CC2)c1. The second-order valence-corrected chi connectivity index (χ2v) is 8.23. The van der Waals surface area contributed by atoms with Crippen LogP contribution in [0, 0.1) is 13.8 Å². The molecular weight excluding hydrogens is 378 g/mol. The minimum atomic E-state index is -0.0523. The summed E-state index contributed by atoms with van der Waals surface area (Å²) >= 11 is 0. The van der Waals surface area contributed by atoms with Gasteiger partial charge in [0.2, 0.25) is 5.95 Å². The molecule has 2 fully saturated rings. The molecule has 2 aliphatic rings. The van der Waals surface area contributed by atoms with E-state index in [9.17, 15) is 4.79 Å². The Labute approximate surface area is 178 Å². The van der Waals surface area contributed by atoms with Crippen LogP contribution in [0.25, 0.3) is 0 Å². The topological polar surface area (TPSA) is 67.8 Å². The zero-order chi connectivity index (χ0) is 21.1. The first-order valence-electron chi connectivity index (χ1n) is 10.6. The number of aryl methyl sites for hydroxylation is 2. The van der Waals surface area contributed by atoms with E-state index in [1.807, 2.05) is 43.0 Å². The van der Waals surface area contributed by atoms with E-state index < -0.39 is 0 Å². The Bertz CT molecular complexity index is 887. The standard InChI is InChI=1S/C22H31N7O/c1-17-5-4-6-19(15-17)24-22(30)29-13-11-28(12-14-29)21-23-18(2)16-20(25-21)27-9-7-26(3)8-10-27/h4-6,15-16H,7-14H2,1-3H3,(H,24,30). The number of hydrogen-bond acceptors (Lipinski definition) is 6. The van der Waals surface area contributed by atoms with Crippen LogP contribution in [0.1, 0.15) is 11.3 Å². The average molecular weight is 410 g/mol. The predicted molar refractivity (Wildman–Crippen MR) is 120 cm³/mol. The normalized spacial score (nSPS) is 17.9. The summed E-state index contributed by atoms with van der Waals surface area (Å²) in [6.07, 6.45) is 0. The summed E-state index contributed by atoms with van der Waals surface area (Å²) in [7, 11) is 2.16. The van der Waals surface area contributed by atoms with Crippen molar-refractivity contribution >= 4 is 23.5 Å². The number of carbonyl (C=O) groups excluding carboxylic acids is 1. The Morgan fingerprint density at radius 2 is 1.60 bits per heavy atom. The molecule has 0 spiro atoms. The Hall–Kier alpha value is -2.87. The van der Waals surface area contributed by atoms with Crippen molar-refractivity contribution in [3.8, 4) is 0 Å². The lowest BCUT2D eigenvalue weighted by Crippen LogP contribution is -2.50. The fourth-order valence-corrected chi connectivity index (χ4v) is 3.91. The Balaban J connectivity index is 1.37. The summed E-state index contributed by atoms with van der Waals surface area (Å²) in [5.74, 6) is 1.77. The highest BCUT2D eigenvalue weighted by atomic mass is 16.2. The van der Waals surface area contributed by atoms with Crippen LogP contribution in [0.15, 0.2) is 30.3 Å². The minimum absolute atomic E-state index is 0.0523. The van der Waals surface area contributed by atoms with Crippen molar-refractivity contribution in [1.29, 1.82) is 0 Å². The second kappa shape index (κ2) is 8.87. The largest absolute Gasteiger partial charge is 0.354 e. The van der Waals surface area contributed by atoms with Gasteiger partial charge in [-0.2, -0.15) is 4.98 Å². The van der Waals surface area contributed by atoms with Gasteiger partial charge in [-0.25, -0.2) is 9.78 Å². The van der Waals surface area contributed by atoms with E-state index in [1.165, 1.54) is 0 Å². The molecule has 0 saturated carbocycles. The maximum absolute atomic E-state index is 12.6. The number of piperazine rings is 2. The third kappa shape index (κ3) is 4.81. The number of aromatic nitrogens is 2. The lowest BCUT2D eigenvalue weighted by molar-refractivity contribution is 0.208. The molecule has 160 valence electrons. The average Bonchev–Trinajstić information content (AvgIpc) is 2.74. The van der Waals surface area contributed by atoms with E-state index in [4.69, 9.17) is 4.98 Å². The van der Waals surface area contributed by atoms with Gasteiger partial charge in [-0.1, -0.05) is 12.1 Å². The third-order valence-corrected chi connectivity index (χ3v) is 5.78. The monoisotopic (exact) mass is 409 g/mol. The van der Waals surface area contributed by atoms with Crippen molar-refractivity contribution in [2.24, 2.45) is 0 Å². The van der Waals surface area contributed by atoms with E-state index >= 15 is 0 Å². The fourth-order valence-electron chi connectivity index (χ4n) is 3.91. The summed E-state index contributed by atoms with van der Waals surface area (Å²) in [5.41, 5.74) is 2.94. The molecule has 0 bridgehead atoms. The fraction of sp³-hybridized carbons (Fsp3) is 0.500. The van der Waals surface area contributed by atoms with Gasteiger partial charge in [0, 0.05) is 69.8 Å². The maximum Gasteiger partial charge on any atom is 0.321 e. The molecule has 0 aliphatic carbocycles. The molecule has 30 heavy (non-hydrogen) atoms. The molecule has 1 aromatic heterocycles. The van der Waals surface area contributed by atoms with Crippen LogP contribution in [-0.4, -0.2) is 85.2 Å². The minimum Gasteiger partial charge on any atom is -0.354 e. The first-order chi connectivity index (χ1) is 14.5. The Kier molecular flexibility index (Phi) is 6.03. The van der Waals surface area contributed by atoms with Crippen LogP contribution in [0.2, 0.25) is 0 Å². The highest BCUT2D eigenvalue weighted by Gasteiger charge is 2.24. The predicted octanol–water partition coefficient (Wildman–Crippen LogP) is 2.20. The molecule has 1 aromatic carbocycles. The van der Waals surface area contributed by atoms with Crippen molar-refractivity contribution in [3.63, 3.8) is 0 Å². The number of nitrogens with one attached hydrogen (secondary N) is 1. The summed E-state index contributed by atoms with van der Waals surface area (Å²) < 4.78 is 0. The van der Waals surface area contributed by atoms with E-state index in [-0.39, 0.29) is 6.03 Å². The second-order valence-electron chi connectivity index (χ2n) is 8.23. The van der Waals surface area contributed by atoms with Crippen LogP contribution < -0.4 is 15.1 Å². The molecule has 2 aliphatic heterocycles. The van der Waals surface area contributed by atoms with Crippen LogP contribution >= 0.6 is 0 Å². The van der Waals surface area contributed by atoms with Gasteiger partial charge in [-0.05, 0) is 38.6 Å². The number of nitrogens with zero attached hydrogens (tertiary/aromatic N) is 6. The van der Waals surface area contributed by atoms with Gasteiger partial charge < -0.3 is 24.9 Å². The molecule has 8 heteroatoms. The van der Waals surface area contributed by atoms with Crippen molar-refractivity contribution < 1.29 is 4.79 Å². The Morgan fingerprint density at radius 1 is 0.900 bits per heavy atom. The van der Waals surface area contributed by atoms with E-state index in [0.29, 0.717) is 13.1 Å².